The molecule has 7 heteroatoms. The lowest BCUT2D eigenvalue weighted by Crippen LogP contribution is -2.41. The van der Waals surface area contributed by atoms with E-state index in [9.17, 15) is 9.18 Å². The van der Waals surface area contributed by atoms with Gasteiger partial charge in [-0.2, -0.15) is 0 Å². The molecule has 126 valence electrons. The average molecular weight is 330 g/mol. The van der Waals surface area contributed by atoms with Crippen molar-refractivity contribution < 1.29 is 13.9 Å². The molecule has 2 N–H and O–H groups in total. The van der Waals surface area contributed by atoms with Gasteiger partial charge in [0.1, 0.15) is 12.1 Å². The second kappa shape index (κ2) is 6.82. The summed E-state index contributed by atoms with van der Waals surface area (Å²) >= 11 is 0. The molecule has 0 bridgehead atoms. The number of carbonyl (C=O) groups excluding carboxylic acids is 1. The van der Waals surface area contributed by atoms with E-state index in [4.69, 9.17) is 10.5 Å². The van der Waals surface area contributed by atoms with E-state index in [1.807, 2.05) is 11.0 Å². The summed E-state index contributed by atoms with van der Waals surface area (Å²) in [6.45, 7) is 1.37. The lowest BCUT2D eigenvalue weighted by Gasteiger charge is -2.32. The molecule has 1 amide bonds. The van der Waals surface area contributed by atoms with Crippen LogP contribution in [0.4, 0.5) is 10.2 Å². The largest absolute Gasteiger partial charge is 0.494 e. The van der Waals surface area contributed by atoms with Crippen LogP contribution >= 0.6 is 0 Å². The first kappa shape index (κ1) is 16.2. The molecular formula is C17H19FN4O2. The summed E-state index contributed by atoms with van der Waals surface area (Å²) in [4.78, 5) is 22.0. The van der Waals surface area contributed by atoms with Crippen LogP contribution in [0, 0.1) is 11.7 Å². The molecule has 1 atom stereocenters. The number of hydrogen-bond donors (Lipinski definition) is 1. The van der Waals surface area contributed by atoms with E-state index in [0.717, 1.165) is 30.8 Å². The Kier molecular flexibility index (Phi) is 4.59. The van der Waals surface area contributed by atoms with Gasteiger partial charge in [0.15, 0.2) is 11.6 Å². The van der Waals surface area contributed by atoms with Crippen molar-refractivity contribution in [1.82, 2.24) is 9.97 Å². The summed E-state index contributed by atoms with van der Waals surface area (Å²) in [5.74, 6) is 0.0323. The van der Waals surface area contributed by atoms with Crippen LogP contribution in [-0.2, 0) is 4.79 Å². The Bertz CT molecular complexity index is 753. The molecule has 1 aromatic heterocycles. The van der Waals surface area contributed by atoms with Crippen LogP contribution < -0.4 is 15.4 Å². The third-order valence-corrected chi connectivity index (χ3v) is 4.25. The molecule has 0 aliphatic carbocycles. The molecule has 2 heterocycles. The molecule has 1 fully saturated rings. The lowest BCUT2D eigenvalue weighted by atomic mass is 9.97. The number of hydrogen-bond acceptors (Lipinski definition) is 5. The number of nitrogens with zero attached hydrogens (tertiary/aromatic N) is 3. The fourth-order valence-corrected chi connectivity index (χ4v) is 2.91. The summed E-state index contributed by atoms with van der Waals surface area (Å²) in [6, 6.07) is 6.42. The summed E-state index contributed by atoms with van der Waals surface area (Å²) in [5, 5.41) is 0. The van der Waals surface area contributed by atoms with Gasteiger partial charge in [0, 0.05) is 24.7 Å². The maximum Gasteiger partial charge on any atom is 0.222 e. The molecule has 2 aromatic rings. The molecule has 0 saturated carbocycles. The molecule has 1 saturated heterocycles. The number of rotatable bonds is 4. The van der Waals surface area contributed by atoms with Gasteiger partial charge in [0.2, 0.25) is 5.91 Å². The molecule has 0 radical (unpaired) electrons. The van der Waals surface area contributed by atoms with E-state index in [2.05, 4.69) is 9.97 Å². The monoisotopic (exact) mass is 330 g/mol. The van der Waals surface area contributed by atoms with Crippen molar-refractivity contribution in [3.05, 3.63) is 36.4 Å². The van der Waals surface area contributed by atoms with Crippen molar-refractivity contribution >= 4 is 11.7 Å². The molecule has 1 unspecified atom stereocenters. The van der Waals surface area contributed by atoms with Crippen molar-refractivity contribution in [2.75, 3.05) is 25.1 Å². The van der Waals surface area contributed by atoms with Crippen LogP contribution in [-0.4, -0.2) is 36.1 Å². The number of primary amides is 1. The highest BCUT2D eigenvalue weighted by molar-refractivity contribution is 5.77. The summed E-state index contributed by atoms with van der Waals surface area (Å²) in [6.07, 6.45) is 3.16. The molecular weight excluding hydrogens is 311 g/mol. The van der Waals surface area contributed by atoms with Crippen LogP contribution in [0.1, 0.15) is 12.8 Å². The molecule has 6 nitrogen and oxygen atoms in total. The Morgan fingerprint density at radius 2 is 2.21 bits per heavy atom. The second-order valence-corrected chi connectivity index (χ2v) is 5.80. The Morgan fingerprint density at radius 1 is 1.38 bits per heavy atom. The standard InChI is InChI=1S/C17H19FN4O2/c1-24-15-7-11(4-5-13(15)18)14-8-16(21-10-20-14)22-6-2-3-12(9-22)17(19)23/h4-5,7-8,10,12H,2-3,6,9H2,1H3,(H2,19,23). The van der Waals surface area contributed by atoms with Crippen LogP contribution in [0.5, 0.6) is 5.75 Å². The first-order chi connectivity index (χ1) is 11.6. The Balaban J connectivity index is 1.88. The topological polar surface area (TPSA) is 81.3 Å². The van der Waals surface area contributed by atoms with Crippen LogP contribution in [0.15, 0.2) is 30.6 Å². The maximum atomic E-state index is 13.6. The van der Waals surface area contributed by atoms with Crippen molar-refractivity contribution in [3.8, 4) is 17.0 Å². The van der Waals surface area contributed by atoms with Gasteiger partial charge in [-0.25, -0.2) is 14.4 Å². The quantitative estimate of drug-likeness (QED) is 0.927. The number of aromatic nitrogens is 2. The predicted molar refractivity (Wildman–Crippen MR) is 88.1 cm³/mol. The summed E-state index contributed by atoms with van der Waals surface area (Å²) in [7, 11) is 1.42. The van der Waals surface area contributed by atoms with Crippen molar-refractivity contribution in [3.63, 3.8) is 0 Å². The van der Waals surface area contributed by atoms with Gasteiger partial charge in [0.25, 0.3) is 0 Å². The van der Waals surface area contributed by atoms with Crippen molar-refractivity contribution in [1.29, 1.82) is 0 Å². The molecule has 3 rings (SSSR count). The second-order valence-electron chi connectivity index (χ2n) is 5.80. The maximum absolute atomic E-state index is 13.6. The third kappa shape index (κ3) is 3.29. The molecule has 1 aromatic carbocycles. The first-order valence-electron chi connectivity index (χ1n) is 7.78. The Morgan fingerprint density at radius 3 is 2.96 bits per heavy atom. The fraction of sp³-hybridized carbons (Fsp3) is 0.353. The van der Waals surface area contributed by atoms with Crippen LogP contribution in [0.3, 0.4) is 0 Å². The SMILES string of the molecule is COc1cc(-c2cc(N3CCCC(C(N)=O)C3)ncn2)ccc1F. The van der Waals surface area contributed by atoms with Gasteiger partial charge in [-0.1, -0.05) is 0 Å². The Hall–Kier alpha value is -2.70. The normalized spacial score (nSPS) is 17.6. The zero-order chi connectivity index (χ0) is 17.1. The molecule has 24 heavy (non-hydrogen) atoms. The van der Waals surface area contributed by atoms with Gasteiger partial charge in [-0.05, 0) is 31.0 Å². The van der Waals surface area contributed by atoms with Gasteiger partial charge in [0.05, 0.1) is 18.7 Å². The number of halogens is 1. The number of nitrogens with two attached hydrogens (primary N) is 1. The minimum absolute atomic E-state index is 0.164. The van der Waals surface area contributed by atoms with Gasteiger partial charge in [-0.15, -0.1) is 0 Å². The third-order valence-electron chi connectivity index (χ3n) is 4.25. The average Bonchev–Trinajstić information content (AvgIpc) is 2.62. The van der Waals surface area contributed by atoms with E-state index < -0.39 is 5.82 Å². The lowest BCUT2D eigenvalue weighted by molar-refractivity contribution is -0.122. The number of piperidine rings is 1. The molecule has 1 aliphatic rings. The van der Waals surface area contributed by atoms with E-state index in [-0.39, 0.29) is 17.6 Å². The van der Waals surface area contributed by atoms with Crippen LogP contribution in [0.2, 0.25) is 0 Å². The zero-order valence-electron chi connectivity index (χ0n) is 13.4. The minimum Gasteiger partial charge on any atom is -0.494 e. The highest BCUT2D eigenvalue weighted by Gasteiger charge is 2.25. The predicted octanol–water partition coefficient (Wildman–Crippen LogP) is 1.99. The van der Waals surface area contributed by atoms with E-state index in [0.29, 0.717) is 12.2 Å². The van der Waals surface area contributed by atoms with E-state index >= 15 is 0 Å². The number of carbonyl (C=O) groups is 1. The summed E-state index contributed by atoms with van der Waals surface area (Å²) in [5.41, 5.74) is 6.83. The number of amides is 1. The minimum atomic E-state index is -0.420. The number of methoxy groups -OCH3 is 1. The summed E-state index contributed by atoms with van der Waals surface area (Å²) < 4.78 is 18.6. The molecule has 0 spiro atoms. The highest BCUT2D eigenvalue weighted by atomic mass is 19.1. The van der Waals surface area contributed by atoms with E-state index in [1.165, 1.54) is 19.5 Å². The first-order valence-corrected chi connectivity index (χ1v) is 7.78. The number of ether oxygens (including phenoxy) is 1. The van der Waals surface area contributed by atoms with Crippen molar-refractivity contribution in [2.45, 2.75) is 12.8 Å². The number of anilines is 1. The smallest absolute Gasteiger partial charge is 0.222 e. The Labute approximate surface area is 139 Å². The number of benzene rings is 1. The van der Waals surface area contributed by atoms with E-state index in [1.54, 1.807) is 12.1 Å². The van der Waals surface area contributed by atoms with Gasteiger partial charge in [-0.3, -0.25) is 4.79 Å². The van der Waals surface area contributed by atoms with Crippen molar-refractivity contribution in [2.24, 2.45) is 11.7 Å². The zero-order valence-corrected chi connectivity index (χ0v) is 13.4. The highest BCUT2D eigenvalue weighted by Crippen LogP contribution is 2.28. The molecule has 1 aliphatic heterocycles. The van der Waals surface area contributed by atoms with Gasteiger partial charge < -0.3 is 15.4 Å². The van der Waals surface area contributed by atoms with Crippen LogP contribution in [0.25, 0.3) is 11.3 Å². The fourth-order valence-electron chi connectivity index (χ4n) is 2.91. The van der Waals surface area contributed by atoms with Gasteiger partial charge >= 0.3 is 0 Å².